The van der Waals surface area contributed by atoms with E-state index < -0.39 is 6.10 Å². The molecule has 1 aliphatic carbocycles. The molecule has 1 aromatic rings. The van der Waals surface area contributed by atoms with Crippen LogP contribution in [0.2, 0.25) is 0 Å². The number of benzene rings is 1. The van der Waals surface area contributed by atoms with Gasteiger partial charge < -0.3 is 15.8 Å². The second-order valence-electron chi connectivity index (χ2n) is 5.74. The third kappa shape index (κ3) is 4.20. The first-order chi connectivity index (χ1) is 10.0. The van der Waals surface area contributed by atoms with Gasteiger partial charge in [-0.25, -0.2) is 0 Å². The van der Waals surface area contributed by atoms with Crippen molar-refractivity contribution in [1.29, 1.82) is 0 Å². The van der Waals surface area contributed by atoms with E-state index in [2.05, 4.69) is 21.2 Å². The van der Waals surface area contributed by atoms with E-state index in [1.54, 1.807) is 6.92 Å². The van der Waals surface area contributed by atoms with Crippen molar-refractivity contribution in [3.05, 3.63) is 28.2 Å². The van der Waals surface area contributed by atoms with Gasteiger partial charge in [0.05, 0.1) is 4.47 Å². The quantitative estimate of drug-likeness (QED) is 0.854. The van der Waals surface area contributed by atoms with Gasteiger partial charge in [0.15, 0.2) is 6.10 Å². The van der Waals surface area contributed by atoms with Crippen molar-refractivity contribution in [3.8, 4) is 5.75 Å². The molecule has 1 aromatic carbocycles. The van der Waals surface area contributed by atoms with E-state index in [-0.39, 0.29) is 11.9 Å². The van der Waals surface area contributed by atoms with Gasteiger partial charge in [0.2, 0.25) is 0 Å². The summed E-state index contributed by atoms with van der Waals surface area (Å²) in [6.45, 7) is 4.41. The third-order valence-electron chi connectivity index (χ3n) is 4.05. The second kappa shape index (κ2) is 7.27. The van der Waals surface area contributed by atoms with Crippen molar-refractivity contribution in [1.82, 2.24) is 5.32 Å². The van der Waals surface area contributed by atoms with Crippen LogP contribution < -0.4 is 15.8 Å². The lowest BCUT2D eigenvalue weighted by Crippen LogP contribution is -2.45. The Balaban J connectivity index is 1.93. The predicted molar refractivity (Wildman–Crippen MR) is 87.3 cm³/mol. The Hall–Kier alpha value is -1.07. The Labute approximate surface area is 134 Å². The average Bonchev–Trinajstić information content (AvgIpc) is 2.89. The SMILES string of the molecule is Cc1ccc(OC(C)C(=O)NC2CCCC2CN)c(Br)c1. The fraction of sp³-hybridized carbons (Fsp3) is 0.562. The number of rotatable bonds is 5. The van der Waals surface area contributed by atoms with Crippen molar-refractivity contribution in [2.75, 3.05) is 6.54 Å². The molecule has 3 N–H and O–H groups in total. The predicted octanol–water partition coefficient (Wildman–Crippen LogP) is 2.77. The molecule has 1 fully saturated rings. The molecule has 1 amide bonds. The van der Waals surface area contributed by atoms with Gasteiger partial charge >= 0.3 is 0 Å². The Kier molecular flexibility index (Phi) is 5.65. The number of nitrogens with two attached hydrogens (primary N) is 1. The topological polar surface area (TPSA) is 64.3 Å². The van der Waals surface area contributed by atoms with Crippen molar-refractivity contribution in [2.24, 2.45) is 11.7 Å². The van der Waals surface area contributed by atoms with Crippen LogP contribution in [-0.2, 0) is 4.79 Å². The fourth-order valence-electron chi connectivity index (χ4n) is 2.75. The van der Waals surface area contributed by atoms with Gasteiger partial charge in [-0.3, -0.25) is 4.79 Å². The van der Waals surface area contributed by atoms with E-state index in [1.165, 1.54) is 0 Å². The average molecular weight is 355 g/mol. The third-order valence-corrected chi connectivity index (χ3v) is 4.67. The maximum absolute atomic E-state index is 12.3. The van der Waals surface area contributed by atoms with Crippen molar-refractivity contribution < 1.29 is 9.53 Å². The van der Waals surface area contributed by atoms with Crippen LogP contribution in [0.5, 0.6) is 5.75 Å². The van der Waals surface area contributed by atoms with Crippen LogP contribution in [0.1, 0.15) is 31.7 Å². The standard InChI is InChI=1S/C16H23BrN2O2/c1-10-6-7-15(13(17)8-10)21-11(2)16(20)19-14-5-3-4-12(14)9-18/h6-8,11-12,14H,3-5,9,18H2,1-2H3,(H,19,20). The minimum absolute atomic E-state index is 0.0761. The number of aryl methyl sites for hydroxylation is 1. The summed E-state index contributed by atoms with van der Waals surface area (Å²) < 4.78 is 6.61. The Morgan fingerprint density at radius 1 is 1.52 bits per heavy atom. The zero-order valence-electron chi connectivity index (χ0n) is 12.6. The molecule has 2 rings (SSSR count). The summed E-state index contributed by atoms with van der Waals surface area (Å²) in [5.74, 6) is 1.00. The van der Waals surface area contributed by atoms with Crippen LogP contribution in [0.4, 0.5) is 0 Å². The second-order valence-corrected chi connectivity index (χ2v) is 6.59. The first kappa shape index (κ1) is 16.3. The van der Waals surface area contributed by atoms with Gasteiger partial charge in [-0.1, -0.05) is 12.5 Å². The molecule has 1 aliphatic rings. The maximum atomic E-state index is 12.3. The highest BCUT2D eigenvalue weighted by Gasteiger charge is 2.29. The molecule has 1 saturated carbocycles. The first-order valence-corrected chi connectivity index (χ1v) is 8.23. The lowest BCUT2D eigenvalue weighted by Gasteiger charge is -2.22. The number of ether oxygens (including phenoxy) is 1. The molecular weight excluding hydrogens is 332 g/mol. The molecule has 0 bridgehead atoms. The van der Waals surface area contributed by atoms with Gasteiger partial charge in [0.25, 0.3) is 5.91 Å². The van der Waals surface area contributed by atoms with Gasteiger partial charge in [-0.05, 0) is 72.8 Å². The van der Waals surface area contributed by atoms with Gasteiger partial charge in [-0.15, -0.1) is 0 Å². The molecule has 5 heteroatoms. The summed E-state index contributed by atoms with van der Waals surface area (Å²) in [7, 11) is 0. The minimum Gasteiger partial charge on any atom is -0.480 e. The summed E-state index contributed by atoms with van der Waals surface area (Å²) >= 11 is 3.46. The Morgan fingerprint density at radius 3 is 2.95 bits per heavy atom. The molecule has 0 heterocycles. The molecule has 0 saturated heterocycles. The highest BCUT2D eigenvalue weighted by atomic mass is 79.9. The Bertz CT molecular complexity index is 507. The molecule has 116 valence electrons. The van der Waals surface area contributed by atoms with Crippen LogP contribution in [0.3, 0.4) is 0 Å². The summed E-state index contributed by atoms with van der Waals surface area (Å²) in [5.41, 5.74) is 6.89. The lowest BCUT2D eigenvalue weighted by molar-refractivity contribution is -0.128. The smallest absolute Gasteiger partial charge is 0.261 e. The van der Waals surface area contributed by atoms with Crippen molar-refractivity contribution in [3.63, 3.8) is 0 Å². The van der Waals surface area contributed by atoms with Gasteiger partial charge in [0.1, 0.15) is 5.75 Å². The van der Waals surface area contributed by atoms with E-state index in [0.717, 1.165) is 29.3 Å². The van der Waals surface area contributed by atoms with Crippen molar-refractivity contribution in [2.45, 2.75) is 45.3 Å². The number of carbonyl (C=O) groups is 1. The van der Waals surface area contributed by atoms with E-state index >= 15 is 0 Å². The largest absolute Gasteiger partial charge is 0.480 e. The van der Waals surface area contributed by atoms with E-state index in [0.29, 0.717) is 18.2 Å². The van der Waals surface area contributed by atoms with Gasteiger partial charge in [-0.2, -0.15) is 0 Å². The molecule has 4 nitrogen and oxygen atoms in total. The van der Waals surface area contributed by atoms with Crippen LogP contribution in [-0.4, -0.2) is 24.6 Å². The number of nitrogens with one attached hydrogen (secondary N) is 1. The van der Waals surface area contributed by atoms with Crippen molar-refractivity contribution >= 4 is 21.8 Å². The first-order valence-electron chi connectivity index (χ1n) is 7.44. The molecule has 21 heavy (non-hydrogen) atoms. The van der Waals surface area contributed by atoms with Crippen LogP contribution in [0.15, 0.2) is 22.7 Å². The van der Waals surface area contributed by atoms with E-state index in [9.17, 15) is 4.79 Å². The normalized spacial score (nSPS) is 22.9. The fourth-order valence-corrected chi connectivity index (χ4v) is 3.34. The molecular formula is C16H23BrN2O2. The van der Waals surface area contributed by atoms with E-state index in [1.807, 2.05) is 25.1 Å². The van der Waals surface area contributed by atoms with Gasteiger partial charge in [0, 0.05) is 6.04 Å². The molecule has 0 aliphatic heterocycles. The molecule has 0 spiro atoms. The maximum Gasteiger partial charge on any atom is 0.261 e. The lowest BCUT2D eigenvalue weighted by atomic mass is 10.0. The minimum atomic E-state index is -0.525. The highest BCUT2D eigenvalue weighted by molar-refractivity contribution is 9.10. The van der Waals surface area contributed by atoms with Crippen LogP contribution >= 0.6 is 15.9 Å². The summed E-state index contributed by atoms with van der Waals surface area (Å²) in [6, 6.07) is 6.00. The Morgan fingerprint density at radius 2 is 2.29 bits per heavy atom. The molecule has 3 unspecified atom stereocenters. The van der Waals surface area contributed by atoms with Crippen LogP contribution in [0, 0.1) is 12.8 Å². The summed E-state index contributed by atoms with van der Waals surface area (Å²) in [4.78, 5) is 12.3. The molecule has 0 aromatic heterocycles. The monoisotopic (exact) mass is 354 g/mol. The number of carbonyl (C=O) groups excluding carboxylic acids is 1. The number of hydrogen-bond acceptors (Lipinski definition) is 3. The summed E-state index contributed by atoms with van der Waals surface area (Å²) in [5, 5.41) is 3.07. The highest BCUT2D eigenvalue weighted by Crippen LogP contribution is 2.27. The van der Waals surface area contributed by atoms with E-state index in [4.69, 9.17) is 10.5 Å². The summed E-state index contributed by atoms with van der Waals surface area (Å²) in [6.07, 6.45) is 2.71. The number of amides is 1. The van der Waals surface area contributed by atoms with Crippen LogP contribution in [0.25, 0.3) is 0 Å². The molecule has 3 atom stereocenters. The zero-order chi connectivity index (χ0) is 15.4. The number of hydrogen-bond donors (Lipinski definition) is 2. The number of halogens is 1. The zero-order valence-corrected chi connectivity index (χ0v) is 14.2. The molecule has 0 radical (unpaired) electrons.